The molecule has 100 valence electrons. The first-order valence-corrected chi connectivity index (χ1v) is 6.78. The Kier molecular flexibility index (Phi) is 4.68. The molecule has 0 unspecified atom stereocenters. The first-order valence-electron chi connectivity index (χ1n) is 5.79. The Morgan fingerprint density at radius 3 is 2.22 bits per heavy atom. The molecular formula is C14H20O3S. The Balaban J connectivity index is 2.84. The van der Waals surface area contributed by atoms with E-state index in [0.29, 0.717) is 5.75 Å². The summed E-state index contributed by atoms with van der Waals surface area (Å²) < 4.78 is 5.31. The molecule has 1 N–H and O–H groups in total. The summed E-state index contributed by atoms with van der Waals surface area (Å²) >= 11 is 1.57. The number of rotatable bonds is 5. The minimum Gasteiger partial charge on any atom is -0.496 e. The fourth-order valence-corrected chi connectivity index (χ4v) is 2.81. The summed E-state index contributed by atoms with van der Waals surface area (Å²) in [5, 5.41) is 9.08. The van der Waals surface area contributed by atoms with E-state index in [9.17, 15) is 4.79 Å². The quantitative estimate of drug-likeness (QED) is 0.830. The van der Waals surface area contributed by atoms with Crippen LogP contribution in [0.1, 0.15) is 25.0 Å². The molecule has 0 fully saturated rings. The van der Waals surface area contributed by atoms with Gasteiger partial charge in [0.25, 0.3) is 0 Å². The second kappa shape index (κ2) is 5.65. The van der Waals surface area contributed by atoms with E-state index in [1.54, 1.807) is 32.7 Å². The van der Waals surface area contributed by atoms with Crippen molar-refractivity contribution in [2.24, 2.45) is 5.41 Å². The number of carboxylic acid groups (broad SMARTS) is 1. The Labute approximate surface area is 113 Å². The van der Waals surface area contributed by atoms with Crippen LogP contribution in [0.3, 0.4) is 0 Å². The molecule has 4 heteroatoms. The van der Waals surface area contributed by atoms with Crippen molar-refractivity contribution in [1.82, 2.24) is 0 Å². The minimum absolute atomic E-state index is 0.549. The Morgan fingerprint density at radius 1 is 1.33 bits per heavy atom. The van der Waals surface area contributed by atoms with Crippen molar-refractivity contribution in [3.05, 3.63) is 23.3 Å². The average Bonchev–Trinajstić information content (AvgIpc) is 2.26. The fraction of sp³-hybridized carbons (Fsp3) is 0.500. The zero-order chi connectivity index (χ0) is 13.9. The number of carboxylic acids is 1. The highest BCUT2D eigenvalue weighted by Crippen LogP contribution is 2.32. The van der Waals surface area contributed by atoms with Gasteiger partial charge in [-0.2, -0.15) is 0 Å². The predicted octanol–water partition coefficient (Wildman–Crippen LogP) is 3.51. The third-order valence-corrected chi connectivity index (χ3v) is 4.25. The highest BCUT2D eigenvalue weighted by atomic mass is 32.2. The van der Waals surface area contributed by atoms with Crippen molar-refractivity contribution in [2.75, 3.05) is 12.9 Å². The van der Waals surface area contributed by atoms with Gasteiger partial charge in [-0.15, -0.1) is 11.8 Å². The SMILES string of the molecule is COc1c(C)cc(SCC(C)(C)C(=O)O)cc1C. The molecule has 0 aliphatic rings. The van der Waals surface area contributed by atoms with Crippen LogP contribution in [0.2, 0.25) is 0 Å². The molecule has 0 heterocycles. The monoisotopic (exact) mass is 268 g/mol. The van der Waals surface area contributed by atoms with E-state index < -0.39 is 11.4 Å². The lowest BCUT2D eigenvalue weighted by Crippen LogP contribution is -2.26. The van der Waals surface area contributed by atoms with Gasteiger partial charge < -0.3 is 9.84 Å². The van der Waals surface area contributed by atoms with Gasteiger partial charge in [0.05, 0.1) is 12.5 Å². The zero-order valence-electron chi connectivity index (χ0n) is 11.5. The van der Waals surface area contributed by atoms with Crippen molar-refractivity contribution >= 4 is 17.7 Å². The lowest BCUT2D eigenvalue weighted by Gasteiger charge is -2.19. The van der Waals surface area contributed by atoms with E-state index in [0.717, 1.165) is 21.8 Å². The van der Waals surface area contributed by atoms with Gasteiger partial charge in [-0.3, -0.25) is 4.79 Å². The summed E-state index contributed by atoms with van der Waals surface area (Å²) in [5.41, 5.74) is 1.44. The summed E-state index contributed by atoms with van der Waals surface area (Å²) in [5.74, 6) is 0.682. The van der Waals surface area contributed by atoms with Crippen LogP contribution < -0.4 is 4.74 Å². The van der Waals surface area contributed by atoms with Crippen LogP contribution in [0.25, 0.3) is 0 Å². The first kappa shape index (κ1) is 14.9. The van der Waals surface area contributed by atoms with Crippen molar-refractivity contribution in [2.45, 2.75) is 32.6 Å². The standard InChI is InChI=1S/C14H20O3S/c1-9-6-11(7-10(2)12(9)17-5)18-8-14(3,4)13(15)16/h6-7H,8H2,1-5H3,(H,15,16). The molecule has 0 aliphatic carbocycles. The molecule has 0 atom stereocenters. The summed E-state index contributed by atoms with van der Waals surface area (Å²) in [6, 6.07) is 4.07. The maximum atomic E-state index is 11.0. The third-order valence-electron chi connectivity index (χ3n) is 2.82. The lowest BCUT2D eigenvalue weighted by atomic mass is 9.97. The molecule has 3 nitrogen and oxygen atoms in total. The normalized spacial score (nSPS) is 11.4. The van der Waals surface area contributed by atoms with Crippen molar-refractivity contribution in [3.8, 4) is 5.75 Å². The number of hydrogen-bond donors (Lipinski definition) is 1. The van der Waals surface area contributed by atoms with Gasteiger partial charge in [0, 0.05) is 10.6 Å². The number of carbonyl (C=O) groups is 1. The van der Waals surface area contributed by atoms with Crippen molar-refractivity contribution < 1.29 is 14.6 Å². The second-order valence-corrected chi connectivity index (χ2v) is 6.12. The maximum Gasteiger partial charge on any atom is 0.309 e. The number of hydrogen-bond acceptors (Lipinski definition) is 3. The van der Waals surface area contributed by atoms with E-state index in [4.69, 9.17) is 9.84 Å². The van der Waals surface area contributed by atoms with Gasteiger partial charge in [0.15, 0.2) is 0 Å². The molecule has 0 saturated heterocycles. The summed E-state index contributed by atoms with van der Waals surface area (Å²) in [4.78, 5) is 12.1. The molecule has 0 amide bonds. The van der Waals surface area contributed by atoms with Gasteiger partial charge in [0.1, 0.15) is 5.75 Å². The fourth-order valence-electron chi connectivity index (χ4n) is 1.64. The van der Waals surface area contributed by atoms with Gasteiger partial charge in [-0.25, -0.2) is 0 Å². The lowest BCUT2D eigenvalue weighted by molar-refractivity contribution is -0.145. The zero-order valence-corrected chi connectivity index (χ0v) is 12.4. The molecule has 1 aromatic carbocycles. The first-order chi connectivity index (χ1) is 8.27. The molecule has 0 aliphatic heterocycles. The van der Waals surface area contributed by atoms with Crippen LogP contribution >= 0.6 is 11.8 Å². The highest BCUT2D eigenvalue weighted by molar-refractivity contribution is 7.99. The number of thioether (sulfide) groups is 1. The van der Waals surface area contributed by atoms with E-state index in [-0.39, 0.29) is 0 Å². The molecule has 1 rings (SSSR count). The molecule has 0 radical (unpaired) electrons. The van der Waals surface area contributed by atoms with Crippen LogP contribution in [0.5, 0.6) is 5.75 Å². The molecular weight excluding hydrogens is 248 g/mol. The number of aryl methyl sites for hydroxylation is 2. The van der Waals surface area contributed by atoms with Crippen LogP contribution in [0, 0.1) is 19.3 Å². The van der Waals surface area contributed by atoms with E-state index in [1.807, 2.05) is 26.0 Å². The minimum atomic E-state index is -0.767. The molecule has 1 aromatic rings. The number of aliphatic carboxylic acids is 1. The smallest absolute Gasteiger partial charge is 0.309 e. The van der Waals surface area contributed by atoms with Gasteiger partial charge in [-0.1, -0.05) is 0 Å². The molecule has 0 saturated carbocycles. The summed E-state index contributed by atoms with van der Waals surface area (Å²) in [6.07, 6.45) is 0. The predicted molar refractivity (Wildman–Crippen MR) is 74.6 cm³/mol. The van der Waals surface area contributed by atoms with Crippen LogP contribution in [0.4, 0.5) is 0 Å². The van der Waals surface area contributed by atoms with Crippen molar-refractivity contribution in [3.63, 3.8) is 0 Å². The summed E-state index contributed by atoms with van der Waals surface area (Å²) in [7, 11) is 1.66. The average molecular weight is 268 g/mol. The van der Waals surface area contributed by atoms with Gasteiger partial charge in [-0.05, 0) is 51.0 Å². The highest BCUT2D eigenvalue weighted by Gasteiger charge is 2.27. The van der Waals surface area contributed by atoms with Gasteiger partial charge >= 0.3 is 5.97 Å². The van der Waals surface area contributed by atoms with E-state index in [2.05, 4.69) is 0 Å². The number of ether oxygens (including phenoxy) is 1. The molecule has 18 heavy (non-hydrogen) atoms. The van der Waals surface area contributed by atoms with Crippen LogP contribution in [0.15, 0.2) is 17.0 Å². The van der Waals surface area contributed by atoms with E-state index in [1.165, 1.54) is 0 Å². The van der Waals surface area contributed by atoms with Crippen molar-refractivity contribution in [1.29, 1.82) is 0 Å². The Bertz CT molecular complexity index is 429. The Morgan fingerprint density at radius 2 is 1.83 bits per heavy atom. The maximum absolute atomic E-state index is 11.0. The second-order valence-electron chi connectivity index (χ2n) is 5.07. The van der Waals surface area contributed by atoms with Crippen LogP contribution in [-0.4, -0.2) is 23.9 Å². The third kappa shape index (κ3) is 3.42. The topological polar surface area (TPSA) is 46.5 Å². The molecule has 0 aromatic heterocycles. The molecule has 0 bridgehead atoms. The largest absolute Gasteiger partial charge is 0.496 e. The number of benzene rings is 1. The Hall–Kier alpha value is -1.16. The van der Waals surface area contributed by atoms with Gasteiger partial charge in [0.2, 0.25) is 0 Å². The van der Waals surface area contributed by atoms with E-state index >= 15 is 0 Å². The van der Waals surface area contributed by atoms with Crippen LogP contribution in [-0.2, 0) is 4.79 Å². The number of methoxy groups -OCH3 is 1. The summed E-state index contributed by atoms with van der Waals surface area (Å²) in [6.45, 7) is 7.48. The molecule has 0 spiro atoms.